The lowest BCUT2D eigenvalue weighted by molar-refractivity contribution is -0.113. The minimum Gasteiger partial charge on any atom is -0.349 e. The van der Waals surface area contributed by atoms with Crippen LogP contribution in [0.15, 0.2) is 59.6 Å². The van der Waals surface area contributed by atoms with Crippen molar-refractivity contribution in [2.24, 2.45) is 4.99 Å². The maximum atomic E-state index is 12.4. The normalized spacial score (nSPS) is 15.2. The second kappa shape index (κ2) is 10.2. The summed E-state index contributed by atoms with van der Waals surface area (Å²) in [5, 5.41) is 3.75. The average Bonchev–Trinajstić information content (AvgIpc) is 2.73. The van der Waals surface area contributed by atoms with Crippen LogP contribution in [0.2, 0.25) is 0 Å². The molecule has 0 bridgehead atoms. The van der Waals surface area contributed by atoms with Gasteiger partial charge in [-0.25, -0.2) is 4.99 Å². The lowest BCUT2D eigenvalue weighted by Gasteiger charge is -2.34. The Balaban J connectivity index is 1.63. The van der Waals surface area contributed by atoms with Gasteiger partial charge in [-0.2, -0.15) is 0 Å². The van der Waals surface area contributed by atoms with Crippen molar-refractivity contribution in [3.05, 3.63) is 60.2 Å². The highest BCUT2D eigenvalue weighted by Gasteiger charge is 2.19. The van der Waals surface area contributed by atoms with Crippen LogP contribution in [-0.4, -0.2) is 65.6 Å². The number of amides is 1. The Morgan fingerprint density at radius 1 is 1.00 bits per heavy atom. The predicted octanol–water partition coefficient (Wildman–Crippen LogP) is 3.50. The summed E-state index contributed by atoms with van der Waals surface area (Å²) in [6.45, 7) is 5.26. The molecule has 0 aliphatic carbocycles. The third-order valence-electron chi connectivity index (χ3n) is 4.66. The predicted molar refractivity (Wildman–Crippen MR) is 120 cm³/mol. The fourth-order valence-electron chi connectivity index (χ4n) is 2.92. The summed E-state index contributed by atoms with van der Waals surface area (Å²) >= 11 is 1.45. The number of hydrogen-bond donors (Lipinski definition) is 1. The lowest BCUT2D eigenvalue weighted by Crippen LogP contribution is -2.46. The van der Waals surface area contributed by atoms with E-state index < -0.39 is 0 Å². The molecule has 1 amide bonds. The number of carbonyl (C=O) groups is 2. The highest BCUT2D eigenvalue weighted by atomic mass is 32.2. The van der Waals surface area contributed by atoms with Crippen molar-refractivity contribution in [3.8, 4) is 0 Å². The number of rotatable bonds is 5. The van der Waals surface area contributed by atoms with Crippen LogP contribution >= 0.6 is 11.8 Å². The molecule has 1 aliphatic rings. The van der Waals surface area contributed by atoms with Gasteiger partial charge < -0.3 is 15.1 Å². The van der Waals surface area contributed by atoms with Gasteiger partial charge in [0.25, 0.3) is 0 Å². The molecule has 1 N–H and O–H groups in total. The molecule has 0 saturated carbocycles. The molecule has 2 aromatic rings. The Hall–Kier alpha value is -2.64. The number of aliphatic imine (C=N–C) groups is 1. The van der Waals surface area contributed by atoms with Gasteiger partial charge in [-0.3, -0.25) is 9.59 Å². The molecule has 1 saturated heterocycles. The number of amidine groups is 1. The first-order chi connectivity index (χ1) is 14.0. The molecule has 7 heteroatoms. The van der Waals surface area contributed by atoms with E-state index in [0.29, 0.717) is 11.3 Å². The van der Waals surface area contributed by atoms with Gasteiger partial charge in [-0.1, -0.05) is 30.0 Å². The minimum atomic E-state index is -0.0968. The van der Waals surface area contributed by atoms with Crippen molar-refractivity contribution in [1.82, 2.24) is 9.80 Å². The van der Waals surface area contributed by atoms with Crippen LogP contribution in [0.3, 0.4) is 0 Å². The van der Waals surface area contributed by atoms with Crippen LogP contribution < -0.4 is 5.32 Å². The molecule has 0 radical (unpaired) electrons. The number of hydrogen-bond acceptors (Lipinski definition) is 5. The minimum absolute atomic E-state index is 0.00683. The molecule has 1 aliphatic heterocycles. The number of ketones is 1. The second-order valence-electron chi connectivity index (χ2n) is 6.99. The molecule has 3 rings (SSSR count). The molecular weight excluding hydrogens is 384 g/mol. The van der Waals surface area contributed by atoms with E-state index in [9.17, 15) is 9.59 Å². The quantitative estimate of drug-likeness (QED) is 0.464. The maximum Gasteiger partial charge on any atom is 0.234 e. The summed E-state index contributed by atoms with van der Waals surface area (Å²) < 4.78 is 0. The van der Waals surface area contributed by atoms with Crippen LogP contribution in [-0.2, 0) is 4.79 Å². The molecule has 0 aromatic heterocycles. The van der Waals surface area contributed by atoms with E-state index in [1.807, 2.05) is 30.3 Å². The van der Waals surface area contributed by atoms with E-state index in [4.69, 9.17) is 4.99 Å². The topological polar surface area (TPSA) is 65.0 Å². The van der Waals surface area contributed by atoms with Crippen molar-refractivity contribution >= 4 is 40.0 Å². The van der Waals surface area contributed by atoms with Gasteiger partial charge in [-0.15, -0.1) is 0 Å². The van der Waals surface area contributed by atoms with Gasteiger partial charge in [0.1, 0.15) is 0 Å². The number of nitrogens with one attached hydrogen (secondary N) is 1. The van der Waals surface area contributed by atoms with Crippen molar-refractivity contribution in [2.75, 3.05) is 44.3 Å². The van der Waals surface area contributed by atoms with Crippen molar-refractivity contribution < 1.29 is 9.59 Å². The number of para-hydroxylation sites is 1. The van der Waals surface area contributed by atoms with Gasteiger partial charge >= 0.3 is 0 Å². The molecule has 1 heterocycles. The number of piperazine rings is 1. The standard InChI is InChI=1S/C22H26N4O2S/c1-17(27)18-8-10-20(11-9-18)23-21(28)16-29-22(24-19-6-4-3-5-7-19)26-14-12-25(2)13-15-26/h3-11H,12-16H2,1-2H3,(H,23,28). The molecule has 2 aromatic carbocycles. The van der Waals surface area contributed by atoms with E-state index in [0.717, 1.165) is 37.0 Å². The lowest BCUT2D eigenvalue weighted by atomic mass is 10.1. The average molecular weight is 411 g/mol. The zero-order chi connectivity index (χ0) is 20.6. The van der Waals surface area contributed by atoms with E-state index in [-0.39, 0.29) is 17.4 Å². The second-order valence-corrected chi connectivity index (χ2v) is 7.93. The Bertz CT molecular complexity index is 860. The largest absolute Gasteiger partial charge is 0.349 e. The van der Waals surface area contributed by atoms with Crippen molar-refractivity contribution in [2.45, 2.75) is 6.92 Å². The van der Waals surface area contributed by atoms with E-state index >= 15 is 0 Å². The number of carbonyl (C=O) groups excluding carboxylic acids is 2. The third-order valence-corrected chi connectivity index (χ3v) is 5.68. The SMILES string of the molecule is CC(=O)c1ccc(NC(=O)CSC(=Nc2ccccc2)N2CCN(C)CC2)cc1. The van der Waals surface area contributed by atoms with Crippen LogP contribution in [0.1, 0.15) is 17.3 Å². The van der Waals surface area contributed by atoms with E-state index in [1.165, 1.54) is 18.7 Å². The summed E-state index contributed by atoms with van der Waals surface area (Å²) in [6, 6.07) is 16.8. The Morgan fingerprint density at radius 2 is 1.66 bits per heavy atom. The number of nitrogens with zero attached hydrogens (tertiary/aromatic N) is 3. The summed E-state index contributed by atoms with van der Waals surface area (Å²) in [6.07, 6.45) is 0. The fourth-order valence-corrected chi connectivity index (χ4v) is 3.79. The summed E-state index contributed by atoms with van der Waals surface area (Å²) in [5.41, 5.74) is 2.20. The first-order valence-corrected chi connectivity index (χ1v) is 10.6. The highest BCUT2D eigenvalue weighted by Crippen LogP contribution is 2.19. The number of anilines is 1. The number of Topliss-reactive ketones (excluding diaryl/α,β-unsaturated/α-hetero) is 1. The van der Waals surface area contributed by atoms with Crippen LogP contribution in [0.4, 0.5) is 11.4 Å². The number of likely N-dealkylation sites (N-methyl/N-ethyl adjacent to an activating group) is 1. The molecule has 0 spiro atoms. The van der Waals surface area contributed by atoms with Crippen LogP contribution in [0, 0.1) is 0 Å². The number of thioether (sulfide) groups is 1. The first kappa shape index (κ1) is 21.1. The van der Waals surface area contributed by atoms with Crippen LogP contribution in [0.5, 0.6) is 0 Å². The van der Waals surface area contributed by atoms with Crippen LogP contribution in [0.25, 0.3) is 0 Å². The molecule has 29 heavy (non-hydrogen) atoms. The number of benzene rings is 2. The molecular formula is C22H26N4O2S. The summed E-state index contributed by atoms with van der Waals surface area (Å²) in [7, 11) is 2.11. The first-order valence-electron chi connectivity index (χ1n) is 9.62. The van der Waals surface area contributed by atoms with Crippen molar-refractivity contribution in [1.29, 1.82) is 0 Å². The molecule has 152 valence electrons. The summed E-state index contributed by atoms with van der Waals surface area (Å²) in [5.74, 6) is 0.180. The van der Waals surface area contributed by atoms with Gasteiger partial charge in [0.2, 0.25) is 5.91 Å². The zero-order valence-corrected chi connectivity index (χ0v) is 17.6. The van der Waals surface area contributed by atoms with E-state index in [1.54, 1.807) is 24.3 Å². The molecule has 6 nitrogen and oxygen atoms in total. The zero-order valence-electron chi connectivity index (χ0n) is 16.8. The molecule has 0 atom stereocenters. The van der Waals surface area contributed by atoms with Gasteiger partial charge in [0.05, 0.1) is 11.4 Å². The Morgan fingerprint density at radius 3 is 2.28 bits per heavy atom. The fraction of sp³-hybridized carbons (Fsp3) is 0.318. The van der Waals surface area contributed by atoms with Crippen molar-refractivity contribution in [3.63, 3.8) is 0 Å². The Kier molecular flexibility index (Phi) is 7.43. The maximum absolute atomic E-state index is 12.4. The third kappa shape index (κ3) is 6.44. The highest BCUT2D eigenvalue weighted by molar-refractivity contribution is 8.14. The molecule has 1 fully saturated rings. The van der Waals surface area contributed by atoms with Gasteiger partial charge in [0, 0.05) is 37.4 Å². The van der Waals surface area contributed by atoms with Gasteiger partial charge in [-0.05, 0) is 50.4 Å². The smallest absolute Gasteiger partial charge is 0.234 e. The molecule has 0 unspecified atom stereocenters. The summed E-state index contributed by atoms with van der Waals surface area (Å²) in [4.78, 5) is 33.1. The monoisotopic (exact) mass is 410 g/mol. The van der Waals surface area contributed by atoms with Gasteiger partial charge in [0.15, 0.2) is 11.0 Å². The van der Waals surface area contributed by atoms with E-state index in [2.05, 4.69) is 22.2 Å². The Labute approximate surface area is 176 Å².